The summed E-state index contributed by atoms with van der Waals surface area (Å²) < 4.78 is 5.65. The molecule has 2 atom stereocenters. The van der Waals surface area contributed by atoms with E-state index in [1.54, 1.807) is 11.3 Å². The number of carbonyl (C=O) groups is 1. The Labute approximate surface area is 149 Å². The lowest BCUT2D eigenvalue weighted by atomic mass is 9.78. The van der Waals surface area contributed by atoms with Gasteiger partial charge >= 0.3 is 0 Å². The van der Waals surface area contributed by atoms with Crippen molar-refractivity contribution in [3.05, 3.63) is 17.5 Å². The Hall–Kier alpha value is -1.34. The Morgan fingerprint density at radius 2 is 2.17 bits per heavy atom. The number of amides is 1. The number of nitrogens with zero attached hydrogens (tertiary/aromatic N) is 3. The third kappa shape index (κ3) is 3.37. The van der Waals surface area contributed by atoms with E-state index in [9.17, 15) is 4.79 Å². The van der Waals surface area contributed by atoms with Crippen LogP contribution in [0.3, 0.4) is 0 Å². The molecule has 2 aromatic rings. The second-order valence-corrected chi connectivity index (χ2v) is 8.35. The lowest BCUT2D eigenvalue weighted by molar-refractivity contribution is -0.134. The number of likely N-dealkylation sites (tertiary alicyclic amines) is 1. The Morgan fingerprint density at radius 1 is 1.29 bits per heavy atom. The average molecular weight is 364 g/mol. The molecule has 2 fully saturated rings. The number of thioether (sulfide) groups is 1. The van der Waals surface area contributed by atoms with Crippen LogP contribution < -0.4 is 0 Å². The first-order chi connectivity index (χ1) is 11.8. The first-order valence-electron chi connectivity index (χ1n) is 8.61. The summed E-state index contributed by atoms with van der Waals surface area (Å²) in [6, 6.07) is 4.37. The minimum Gasteiger partial charge on any atom is -0.410 e. The summed E-state index contributed by atoms with van der Waals surface area (Å²) in [5.74, 6) is 1.85. The molecule has 4 rings (SSSR count). The van der Waals surface area contributed by atoms with E-state index in [0.717, 1.165) is 23.8 Å². The molecule has 24 heavy (non-hydrogen) atoms. The average Bonchev–Trinajstić information content (AvgIpc) is 3.30. The van der Waals surface area contributed by atoms with Gasteiger partial charge in [0.1, 0.15) is 0 Å². The number of piperidine rings is 1. The van der Waals surface area contributed by atoms with Crippen molar-refractivity contribution in [1.29, 1.82) is 0 Å². The molecule has 7 heteroatoms. The monoisotopic (exact) mass is 363 g/mol. The van der Waals surface area contributed by atoms with E-state index in [1.165, 1.54) is 43.9 Å². The number of aromatic nitrogens is 2. The summed E-state index contributed by atoms with van der Waals surface area (Å²) in [5.41, 5.74) is 0. The fraction of sp³-hybridized carbons (Fsp3) is 0.588. The van der Waals surface area contributed by atoms with Gasteiger partial charge < -0.3 is 9.32 Å². The van der Waals surface area contributed by atoms with Crippen LogP contribution in [0.4, 0.5) is 0 Å². The van der Waals surface area contributed by atoms with E-state index >= 15 is 0 Å². The van der Waals surface area contributed by atoms with Crippen molar-refractivity contribution in [2.75, 3.05) is 12.3 Å². The molecule has 128 valence electrons. The lowest BCUT2D eigenvalue weighted by Crippen LogP contribution is -2.50. The van der Waals surface area contributed by atoms with Crippen molar-refractivity contribution >= 4 is 29.0 Å². The highest BCUT2D eigenvalue weighted by molar-refractivity contribution is 7.99. The van der Waals surface area contributed by atoms with E-state index in [0.29, 0.717) is 22.9 Å². The maximum atomic E-state index is 12.7. The molecule has 2 aliphatic rings. The number of thiophene rings is 1. The van der Waals surface area contributed by atoms with Crippen molar-refractivity contribution in [2.45, 2.75) is 49.8 Å². The third-order valence-corrected chi connectivity index (χ3v) is 6.68. The summed E-state index contributed by atoms with van der Waals surface area (Å²) in [6.07, 6.45) is 7.47. The molecule has 0 N–H and O–H groups in total. The highest BCUT2D eigenvalue weighted by atomic mass is 32.2. The summed E-state index contributed by atoms with van der Waals surface area (Å²) in [5, 5.41) is 10.6. The van der Waals surface area contributed by atoms with Crippen LogP contribution in [0.1, 0.15) is 38.5 Å². The fourth-order valence-corrected chi connectivity index (χ4v) is 5.20. The van der Waals surface area contributed by atoms with E-state index in [4.69, 9.17) is 4.42 Å². The zero-order valence-electron chi connectivity index (χ0n) is 13.5. The first-order valence-corrected chi connectivity index (χ1v) is 10.5. The molecule has 1 aliphatic heterocycles. The topological polar surface area (TPSA) is 59.2 Å². The predicted octanol–water partition coefficient (Wildman–Crippen LogP) is 4.07. The molecule has 0 unspecified atom stereocenters. The summed E-state index contributed by atoms with van der Waals surface area (Å²) in [7, 11) is 0. The van der Waals surface area contributed by atoms with Gasteiger partial charge in [0.2, 0.25) is 5.91 Å². The smallest absolute Gasteiger partial charge is 0.277 e. The zero-order chi connectivity index (χ0) is 16.4. The molecule has 3 heterocycles. The molecular formula is C17H21N3O2S2. The third-order valence-electron chi connectivity index (χ3n) is 5.02. The number of carbonyl (C=O) groups excluding carboxylic acids is 1. The van der Waals surface area contributed by atoms with Gasteiger partial charge in [0, 0.05) is 12.6 Å². The standard InChI is InChI=1S/C17H21N3O2S2/c21-15(20-9-3-6-12-5-1-2-7-13(12)20)11-24-17-19-18-16(22-17)14-8-4-10-23-14/h4,8,10,12-13H,1-3,5-7,9,11H2/t12-,13-/m0/s1. The first kappa shape index (κ1) is 16.1. The molecule has 0 spiro atoms. The molecule has 1 amide bonds. The number of rotatable bonds is 4. The van der Waals surface area contributed by atoms with Crippen molar-refractivity contribution in [1.82, 2.24) is 15.1 Å². The van der Waals surface area contributed by atoms with Gasteiger partial charge in [0.25, 0.3) is 11.1 Å². The van der Waals surface area contributed by atoms with Crippen LogP contribution in [0.25, 0.3) is 10.8 Å². The van der Waals surface area contributed by atoms with Gasteiger partial charge in [-0.2, -0.15) is 0 Å². The van der Waals surface area contributed by atoms with Crippen LogP contribution in [0.15, 0.2) is 27.2 Å². The summed E-state index contributed by atoms with van der Waals surface area (Å²) in [6.45, 7) is 0.908. The van der Waals surface area contributed by atoms with Crippen LogP contribution in [-0.2, 0) is 4.79 Å². The van der Waals surface area contributed by atoms with Crippen molar-refractivity contribution in [2.24, 2.45) is 5.92 Å². The molecule has 2 aromatic heterocycles. The second-order valence-electron chi connectivity index (χ2n) is 6.48. The summed E-state index contributed by atoms with van der Waals surface area (Å²) in [4.78, 5) is 15.8. The quantitative estimate of drug-likeness (QED) is 0.766. The number of hydrogen-bond acceptors (Lipinski definition) is 6. The fourth-order valence-electron chi connectivity index (χ4n) is 3.91. The van der Waals surface area contributed by atoms with E-state index in [2.05, 4.69) is 15.1 Å². The molecular weight excluding hydrogens is 342 g/mol. The number of hydrogen-bond donors (Lipinski definition) is 0. The minimum atomic E-state index is 0.215. The SMILES string of the molecule is O=C(CSc1nnc(-c2cccs2)o1)N1CCC[C@@H]2CCCC[C@@H]21. The normalized spacial score (nSPS) is 23.9. The summed E-state index contributed by atoms with van der Waals surface area (Å²) >= 11 is 2.92. The van der Waals surface area contributed by atoms with Gasteiger partial charge in [-0.25, -0.2) is 0 Å². The highest BCUT2D eigenvalue weighted by Crippen LogP contribution is 2.36. The van der Waals surface area contributed by atoms with Crippen molar-refractivity contribution in [3.8, 4) is 10.8 Å². The maximum Gasteiger partial charge on any atom is 0.277 e. The Kier molecular flexibility index (Phi) is 4.89. The molecule has 1 saturated carbocycles. The van der Waals surface area contributed by atoms with Gasteiger partial charge in [-0.15, -0.1) is 21.5 Å². The minimum absolute atomic E-state index is 0.215. The van der Waals surface area contributed by atoms with Gasteiger partial charge in [-0.05, 0) is 43.0 Å². The maximum absolute atomic E-state index is 12.7. The van der Waals surface area contributed by atoms with Gasteiger partial charge in [0.05, 0.1) is 10.6 Å². The second kappa shape index (κ2) is 7.27. The van der Waals surface area contributed by atoms with Crippen LogP contribution in [0.5, 0.6) is 0 Å². The largest absolute Gasteiger partial charge is 0.410 e. The molecule has 1 saturated heterocycles. The van der Waals surface area contributed by atoms with E-state index < -0.39 is 0 Å². The zero-order valence-corrected chi connectivity index (χ0v) is 15.2. The molecule has 1 aliphatic carbocycles. The van der Waals surface area contributed by atoms with Crippen LogP contribution in [0, 0.1) is 5.92 Å². The van der Waals surface area contributed by atoms with E-state index in [-0.39, 0.29) is 5.91 Å². The Balaban J connectivity index is 1.36. The lowest BCUT2D eigenvalue weighted by Gasteiger charge is -2.44. The van der Waals surface area contributed by atoms with Crippen LogP contribution in [-0.4, -0.2) is 39.3 Å². The van der Waals surface area contributed by atoms with Crippen LogP contribution >= 0.6 is 23.1 Å². The Bertz CT molecular complexity index is 684. The van der Waals surface area contributed by atoms with E-state index in [1.807, 2.05) is 17.5 Å². The molecule has 5 nitrogen and oxygen atoms in total. The van der Waals surface area contributed by atoms with Crippen molar-refractivity contribution < 1.29 is 9.21 Å². The van der Waals surface area contributed by atoms with Crippen LogP contribution in [0.2, 0.25) is 0 Å². The molecule has 0 radical (unpaired) electrons. The Morgan fingerprint density at radius 3 is 3.04 bits per heavy atom. The number of fused-ring (bicyclic) bond motifs is 1. The van der Waals surface area contributed by atoms with Gasteiger partial charge in [-0.1, -0.05) is 30.7 Å². The highest BCUT2D eigenvalue weighted by Gasteiger charge is 2.35. The molecule has 0 aromatic carbocycles. The molecule has 0 bridgehead atoms. The van der Waals surface area contributed by atoms with Gasteiger partial charge in [0.15, 0.2) is 0 Å². The van der Waals surface area contributed by atoms with Gasteiger partial charge in [-0.3, -0.25) is 4.79 Å². The van der Waals surface area contributed by atoms with Crippen molar-refractivity contribution in [3.63, 3.8) is 0 Å². The predicted molar refractivity (Wildman–Crippen MR) is 95.0 cm³/mol.